The number of esters is 1. The second-order valence-electron chi connectivity index (χ2n) is 9.43. The lowest BCUT2D eigenvalue weighted by atomic mass is 9.80. The van der Waals surface area contributed by atoms with E-state index in [2.05, 4.69) is 17.0 Å². The smallest absolute Gasteiger partial charge is 0.343 e. The molecule has 1 aromatic carbocycles. The van der Waals surface area contributed by atoms with E-state index in [0.29, 0.717) is 12.2 Å². The predicted molar refractivity (Wildman–Crippen MR) is 118 cm³/mol. The van der Waals surface area contributed by atoms with Gasteiger partial charge in [0.1, 0.15) is 19.0 Å². The van der Waals surface area contributed by atoms with Gasteiger partial charge in [0.05, 0.1) is 20.1 Å². The van der Waals surface area contributed by atoms with E-state index in [-0.39, 0.29) is 12.0 Å². The largest absolute Gasteiger partial charge is 0.457 e. The van der Waals surface area contributed by atoms with Crippen molar-refractivity contribution in [3.8, 4) is 0 Å². The van der Waals surface area contributed by atoms with Crippen LogP contribution >= 0.6 is 0 Å². The molecule has 166 valence electrons. The summed E-state index contributed by atoms with van der Waals surface area (Å²) < 4.78 is 6.75. The van der Waals surface area contributed by atoms with Crippen molar-refractivity contribution in [2.24, 2.45) is 5.92 Å². The highest BCUT2D eigenvalue weighted by molar-refractivity contribution is 5.81. The Morgan fingerprint density at radius 3 is 2.55 bits per heavy atom. The first-order chi connectivity index (χ1) is 15.0. The van der Waals surface area contributed by atoms with Crippen LogP contribution in [0.15, 0.2) is 49.1 Å². The summed E-state index contributed by atoms with van der Waals surface area (Å²) >= 11 is 0. The molecule has 2 fully saturated rings. The van der Waals surface area contributed by atoms with Gasteiger partial charge in [0.2, 0.25) is 0 Å². The van der Waals surface area contributed by atoms with Crippen LogP contribution in [0.1, 0.15) is 49.7 Å². The number of benzene rings is 1. The van der Waals surface area contributed by atoms with Gasteiger partial charge < -0.3 is 14.3 Å². The van der Waals surface area contributed by atoms with E-state index in [9.17, 15) is 9.90 Å². The number of aromatic nitrogens is 2. The Morgan fingerprint density at radius 2 is 1.84 bits per heavy atom. The van der Waals surface area contributed by atoms with Gasteiger partial charge in [0.15, 0.2) is 5.60 Å². The van der Waals surface area contributed by atoms with Crippen molar-refractivity contribution in [3.05, 3.63) is 60.2 Å². The van der Waals surface area contributed by atoms with E-state index in [4.69, 9.17) is 4.74 Å². The molecule has 1 aliphatic carbocycles. The Labute approximate surface area is 184 Å². The summed E-state index contributed by atoms with van der Waals surface area (Å²) in [7, 11) is 2.25. The molecule has 2 aromatic rings. The lowest BCUT2D eigenvalue weighted by Gasteiger charge is -2.37. The van der Waals surface area contributed by atoms with Gasteiger partial charge in [-0.25, -0.2) is 14.8 Å². The zero-order chi connectivity index (χ0) is 21.7. The summed E-state index contributed by atoms with van der Waals surface area (Å²) in [6, 6.07) is 9.59. The molecule has 1 aliphatic heterocycles. The molecular weight excluding hydrogens is 390 g/mol. The van der Waals surface area contributed by atoms with Crippen molar-refractivity contribution < 1.29 is 19.1 Å². The second kappa shape index (κ2) is 9.45. The van der Waals surface area contributed by atoms with Gasteiger partial charge in [-0.2, -0.15) is 0 Å². The number of quaternary nitrogens is 1. The average Bonchev–Trinajstić information content (AvgIpc) is 3.48. The van der Waals surface area contributed by atoms with Gasteiger partial charge in [-0.05, 0) is 24.0 Å². The zero-order valence-corrected chi connectivity index (χ0v) is 18.4. The highest BCUT2D eigenvalue weighted by Gasteiger charge is 2.48. The van der Waals surface area contributed by atoms with Gasteiger partial charge in [-0.3, -0.25) is 0 Å². The number of likely N-dealkylation sites (tertiary alicyclic amines) is 1. The van der Waals surface area contributed by atoms with E-state index in [0.717, 1.165) is 68.1 Å². The predicted octanol–water partition coefficient (Wildman–Crippen LogP) is 3.25. The minimum Gasteiger partial charge on any atom is -0.457 e. The third-order valence-corrected chi connectivity index (χ3v) is 7.49. The van der Waals surface area contributed by atoms with Crippen molar-refractivity contribution in [2.75, 3.05) is 26.7 Å². The fourth-order valence-electron chi connectivity index (χ4n) is 5.42. The number of ether oxygens (including phenoxy) is 1. The lowest BCUT2D eigenvalue weighted by Crippen LogP contribution is -2.52. The molecule has 6 nitrogen and oxygen atoms in total. The summed E-state index contributed by atoms with van der Waals surface area (Å²) in [5, 5.41) is 11.6. The number of carbonyl (C=O) groups is 1. The molecule has 2 unspecified atom stereocenters. The summed E-state index contributed by atoms with van der Waals surface area (Å²) in [6.07, 6.45) is 12.2. The Hall–Kier alpha value is -2.31. The topological polar surface area (TPSA) is 72.3 Å². The highest BCUT2D eigenvalue weighted by Crippen LogP contribution is 2.41. The minimum atomic E-state index is -1.55. The molecule has 0 amide bonds. The van der Waals surface area contributed by atoms with Crippen LogP contribution < -0.4 is 0 Å². The molecule has 31 heavy (non-hydrogen) atoms. The molecule has 3 atom stereocenters. The van der Waals surface area contributed by atoms with Gasteiger partial charge in [0.25, 0.3) is 0 Å². The number of carbonyl (C=O) groups excluding carboxylic acids is 1. The maximum Gasteiger partial charge on any atom is 0.343 e. The number of nitrogens with zero attached hydrogens (tertiary/aromatic N) is 3. The first-order valence-electron chi connectivity index (χ1n) is 11.6. The zero-order valence-electron chi connectivity index (χ0n) is 18.4. The first-order valence-corrected chi connectivity index (χ1v) is 11.6. The standard InChI is InChI=1S/C25H34N3O3/c1-28(15-13-20-16-26-19-27-17-20)14-7-12-23(28)18-31-24(29)25(30,22-10-5-6-11-22)21-8-3-2-4-9-21/h2-4,8-9,16-17,19,22-23,30H,5-7,10-15,18H2,1H3/q+1/t23-,25?,28?/m1/s1. The van der Waals surface area contributed by atoms with Crippen molar-refractivity contribution in [3.63, 3.8) is 0 Å². The molecular formula is C25H34N3O3+. The van der Waals surface area contributed by atoms with Crippen molar-refractivity contribution in [1.29, 1.82) is 0 Å². The fraction of sp³-hybridized carbons (Fsp3) is 0.560. The van der Waals surface area contributed by atoms with Crippen LogP contribution in [0.5, 0.6) is 0 Å². The Bertz CT molecular complexity index is 857. The Balaban J connectivity index is 1.43. The third kappa shape index (κ3) is 4.65. The summed E-state index contributed by atoms with van der Waals surface area (Å²) in [5.74, 6) is -0.564. The average molecular weight is 425 g/mol. The van der Waals surface area contributed by atoms with Gasteiger partial charge in [0, 0.05) is 37.6 Å². The van der Waals surface area contributed by atoms with Gasteiger partial charge >= 0.3 is 5.97 Å². The van der Waals surface area contributed by atoms with Crippen molar-refractivity contribution in [2.45, 2.75) is 56.6 Å². The van der Waals surface area contributed by atoms with E-state index < -0.39 is 11.6 Å². The molecule has 1 saturated carbocycles. The third-order valence-electron chi connectivity index (χ3n) is 7.49. The monoisotopic (exact) mass is 424 g/mol. The molecule has 4 rings (SSSR count). The molecule has 0 radical (unpaired) electrons. The molecule has 2 aliphatic rings. The van der Waals surface area contributed by atoms with Crippen LogP contribution in [-0.2, 0) is 21.6 Å². The number of rotatable bonds is 8. The fourth-order valence-corrected chi connectivity index (χ4v) is 5.42. The molecule has 6 heteroatoms. The first kappa shape index (κ1) is 21.9. The Kier molecular flexibility index (Phi) is 6.68. The van der Waals surface area contributed by atoms with E-state index >= 15 is 0 Å². The van der Waals surface area contributed by atoms with E-state index in [1.165, 1.54) is 0 Å². The Morgan fingerprint density at radius 1 is 1.13 bits per heavy atom. The van der Waals surface area contributed by atoms with Gasteiger partial charge in [-0.1, -0.05) is 43.2 Å². The number of hydrogen-bond acceptors (Lipinski definition) is 5. The maximum atomic E-state index is 13.3. The molecule has 0 bridgehead atoms. The van der Waals surface area contributed by atoms with E-state index in [1.807, 2.05) is 42.7 Å². The SMILES string of the molecule is C[N+]1(CCc2cncnc2)CCC[C@@H]1COC(=O)C(O)(c1ccccc1)C1CCCC1. The number of aliphatic hydroxyl groups is 1. The second-order valence-corrected chi connectivity index (χ2v) is 9.43. The summed E-state index contributed by atoms with van der Waals surface area (Å²) in [5.41, 5.74) is 0.227. The molecule has 1 N–H and O–H groups in total. The van der Waals surface area contributed by atoms with Crippen LogP contribution in [0.2, 0.25) is 0 Å². The normalized spacial score (nSPS) is 25.9. The summed E-state index contributed by atoms with van der Waals surface area (Å²) in [4.78, 5) is 21.5. The minimum absolute atomic E-state index is 0.0788. The quantitative estimate of drug-likeness (QED) is 0.520. The highest BCUT2D eigenvalue weighted by atomic mass is 16.6. The lowest BCUT2D eigenvalue weighted by molar-refractivity contribution is -0.921. The summed E-state index contributed by atoms with van der Waals surface area (Å²) in [6.45, 7) is 2.38. The molecule has 1 saturated heterocycles. The van der Waals surface area contributed by atoms with E-state index in [1.54, 1.807) is 6.33 Å². The van der Waals surface area contributed by atoms with Crippen LogP contribution in [0.3, 0.4) is 0 Å². The van der Waals surface area contributed by atoms with Crippen LogP contribution in [0, 0.1) is 5.92 Å². The van der Waals surface area contributed by atoms with Crippen LogP contribution in [0.25, 0.3) is 0 Å². The van der Waals surface area contributed by atoms with Crippen LogP contribution in [0.4, 0.5) is 0 Å². The maximum absolute atomic E-state index is 13.3. The van der Waals surface area contributed by atoms with Crippen molar-refractivity contribution >= 4 is 5.97 Å². The van der Waals surface area contributed by atoms with Crippen molar-refractivity contribution in [1.82, 2.24) is 9.97 Å². The van der Waals surface area contributed by atoms with Crippen LogP contribution in [-0.4, -0.2) is 58.3 Å². The number of hydrogen-bond donors (Lipinski definition) is 1. The molecule has 1 aromatic heterocycles. The molecule has 2 heterocycles. The molecule has 0 spiro atoms. The number of likely N-dealkylation sites (N-methyl/N-ethyl adjacent to an activating group) is 1. The van der Waals surface area contributed by atoms with Gasteiger partial charge in [-0.15, -0.1) is 0 Å².